The van der Waals surface area contributed by atoms with Crippen LogP contribution in [0, 0.1) is 0 Å². The van der Waals surface area contributed by atoms with Crippen molar-refractivity contribution in [1.29, 1.82) is 0 Å². The summed E-state index contributed by atoms with van der Waals surface area (Å²) in [4.78, 5) is 32.1. The number of hydrogen-bond acceptors (Lipinski definition) is 9. The average molecular weight is 525 g/mol. The largest absolute Gasteiger partial charge is 0.435 e. The van der Waals surface area contributed by atoms with Crippen LogP contribution in [0.4, 0.5) is 13.9 Å². The number of ether oxygens (including phenoxy) is 1. The number of nitrogens with one attached hydrogen (secondary N) is 1. The van der Waals surface area contributed by atoms with Crippen molar-refractivity contribution in [3.8, 4) is 17.1 Å². The van der Waals surface area contributed by atoms with Crippen LogP contribution in [-0.4, -0.2) is 43.5 Å². The third-order valence-electron chi connectivity index (χ3n) is 4.26. The molecule has 0 aliphatic carbocycles. The molecule has 1 aliphatic heterocycles. The molecule has 2 aromatic heterocycles. The van der Waals surface area contributed by atoms with E-state index in [2.05, 4.69) is 19.4 Å². The zero-order valence-corrected chi connectivity index (χ0v) is 19.8. The Hall–Kier alpha value is -2.74. The Kier molecular flexibility index (Phi) is 7.42. The summed E-state index contributed by atoms with van der Waals surface area (Å²) in [5.41, 5.74) is 0.587. The van der Waals surface area contributed by atoms with Crippen molar-refractivity contribution in [2.75, 3.05) is 11.9 Å². The zero-order chi connectivity index (χ0) is 23.4. The summed E-state index contributed by atoms with van der Waals surface area (Å²) >= 11 is 9.01. The first-order valence-corrected chi connectivity index (χ1v) is 12.2. The second kappa shape index (κ2) is 10.5. The number of amides is 2. The lowest BCUT2D eigenvalue weighted by atomic mass is 10.2. The fourth-order valence-corrected chi connectivity index (χ4v) is 5.40. The number of hydrogen-bond donors (Lipinski definition) is 1. The Balaban J connectivity index is 1.31. The maximum atomic E-state index is 12.6. The van der Waals surface area contributed by atoms with Gasteiger partial charge in [0.1, 0.15) is 10.1 Å². The van der Waals surface area contributed by atoms with E-state index in [0.29, 0.717) is 20.6 Å². The van der Waals surface area contributed by atoms with E-state index >= 15 is 0 Å². The van der Waals surface area contributed by atoms with E-state index < -0.39 is 6.61 Å². The number of nitrogens with zero attached hydrogens (tertiary/aromatic N) is 3. The van der Waals surface area contributed by atoms with Crippen LogP contribution in [0.3, 0.4) is 0 Å². The Bertz CT molecular complexity index is 1200. The van der Waals surface area contributed by atoms with Crippen molar-refractivity contribution in [1.82, 2.24) is 14.3 Å². The standard InChI is InChI=1S/C20H14F2N4O3S4/c21-18(22)29-12-5-3-11(4-6-12)16-24-19(33-25-16)23-15(27)7-8-26-17(28)14(32-20(26)30)10-13-2-1-9-31-13/h1-6,9-10,18H,7-8H2,(H,23,24,25,27)/b14-10-. The molecule has 3 heterocycles. The number of anilines is 1. The van der Waals surface area contributed by atoms with E-state index in [9.17, 15) is 18.4 Å². The predicted octanol–water partition coefficient (Wildman–Crippen LogP) is 5.10. The quantitative estimate of drug-likeness (QED) is 0.324. The highest BCUT2D eigenvalue weighted by atomic mass is 32.2. The number of carbonyl (C=O) groups is 2. The lowest BCUT2D eigenvalue weighted by Gasteiger charge is -2.13. The number of aromatic nitrogens is 2. The molecule has 1 aliphatic rings. The molecule has 1 aromatic carbocycles. The molecule has 0 bridgehead atoms. The van der Waals surface area contributed by atoms with Gasteiger partial charge in [0.15, 0.2) is 5.82 Å². The zero-order valence-electron chi connectivity index (χ0n) is 16.6. The molecule has 1 fully saturated rings. The van der Waals surface area contributed by atoms with Gasteiger partial charge < -0.3 is 10.1 Å². The molecule has 0 atom stereocenters. The smallest absolute Gasteiger partial charge is 0.387 e. The van der Waals surface area contributed by atoms with Crippen LogP contribution in [0.25, 0.3) is 17.5 Å². The number of thiophene rings is 1. The number of alkyl halides is 2. The summed E-state index contributed by atoms with van der Waals surface area (Å²) in [6, 6.07) is 9.67. The molecular weight excluding hydrogens is 511 g/mol. The van der Waals surface area contributed by atoms with E-state index in [0.717, 1.165) is 16.4 Å². The number of rotatable bonds is 8. The number of halogens is 2. The molecule has 0 unspecified atom stereocenters. The molecule has 0 spiro atoms. The molecule has 170 valence electrons. The molecule has 4 rings (SSSR count). The van der Waals surface area contributed by atoms with Crippen LogP contribution in [-0.2, 0) is 9.59 Å². The first-order valence-electron chi connectivity index (χ1n) is 9.37. The van der Waals surface area contributed by atoms with Gasteiger partial charge >= 0.3 is 6.61 Å². The maximum Gasteiger partial charge on any atom is 0.387 e. The topological polar surface area (TPSA) is 84.4 Å². The number of thiocarbonyl (C=S) groups is 1. The molecule has 2 amide bonds. The van der Waals surface area contributed by atoms with Crippen molar-refractivity contribution in [2.24, 2.45) is 0 Å². The van der Waals surface area contributed by atoms with Crippen molar-refractivity contribution >= 4 is 74.2 Å². The van der Waals surface area contributed by atoms with Crippen LogP contribution >= 0.6 is 46.8 Å². The minimum atomic E-state index is -2.90. The van der Waals surface area contributed by atoms with E-state index in [-0.39, 0.29) is 35.7 Å². The van der Waals surface area contributed by atoms with Gasteiger partial charge in [-0.25, -0.2) is 0 Å². The van der Waals surface area contributed by atoms with Gasteiger partial charge in [-0.1, -0.05) is 30.0 Å². The van der Waals surface area contributed by atoms with Gasteiger partial charge in [-0.15, -0.1) is 11.3 Å². The normalized spacial score (nSPS) is 15.0. The predicted molar refractivity (Wildman–Crippen MR) is 129 cm³/mol. The summed E-state index contributed by atoms with van der Waals surface area (Å²) in [6.45, 7) is -2.75. The van der Waals surface area contributed by atoms with Crippen molar-refractivity contribution in [3.63, 3.8) is 0 Å². The maximum absolute atomic E-state index is 12.6. The summed E-state index contributed by atoms with van der Waals surface area (Å²) in [6.07, 6.45) is 1.83. The third kappa shape index (κ3) is 5.99. The Morgan fingerprint density at radius 3 is 2.76 bits per heavy atom. The molecule has 1 saturated heterocycles. The highest BCUT2D eigenvalue weighted by Crippen LogP contribution is 2.33. The van der Waals surface area contributed by atoms with E-state index in [1.54, 1.807) is 18.2 Å². The minimum Gasteiger partial charge on any atom is -0.435 e. The van der Waals surface area contributed by atoms with Gasteiger partial charge in [0.25, 0.3) is 5.91 Å². The highest BCUT2D eigenvalue weighted by Gasteiger charge is 2.32. The third-order valence-corrected chi connectivity index (χ3v) is 7.09. The van der Waals surface area contributed by atoms with Gasteiger partial charge in [-0.2, -0.15) is 18.1 Å². The molecule has 33 heavy (non-hydrogen) atoms. The first-order chi connectivity index (χ1) is 15.9. The Morgan fingerprint density at radius 1 is 1.27 bits per heavy atom. The fraction of sp³-hybridized carbons (Fsp3) is 0.150. The number of benzene rings is 1. The Labute approximate surface area is 204 Å². The van der Waals surface area contributed by atoms with Gasteiger partial charge in [-0.3, -0.25) is 14.5 Å². The van der Waals surface area contributed by atoms with Crippen LogP contribution in [0.2, 0.25) is 0 Å². The van der Waals surface area contributed by atoms with E-state index in [1.807, 2.05) is 17.5 Å². The monoisotopic (exact) mass is 524 g/mol. The number of thioether (sulfide) groups is 1. The molecule has 0 radical (unpaired) electrons. The molecule has 13 heteroatoms. The van der Waals surface area contributed by atoms with Crippen LogP contribution in [0.5, 0.6) is 5.75 Å². The van der Waals surface area contributed by atoms with Crippen molar-refractivity contribution in [2.45, 2.75) is 13.0 Å². The molecule has 3 aromatic rings. The molecule has 0 saturated carbocycles. The average Bonchev–Trinajstić information content (AvgIpc) is 3.50. The van der Waals surface area contributed by atoms with Gasteiger partial charge in [-0.05, 0) is 41.8 Å². The second-order valence-corrected chi connectivity index (χ2v) is 9.88. The van der Waals surface area contributed by atoms with Gasteiger partial charge in [0, 0.05) is 34.9 Å². The Morgan fingerprint density at radius 2 is 2.06 bits per heavy atom. The minimum absolute atomic E-state index is 0.0263. The number of carbonyl (C=O) groups excluding carboxylic acids is 2. The van der Waals surface area contributed by atoms with Gasteiger partial charge in [0.2, 0.25) is 11.0 Å². The lowest BCUT2D eigenvalue weighted by Crippen LogP contribution is -2.31. The van der Waals surface area contributed by atoms with Crippen molar-refractivity contribution in [3.05, 3.63) is 51.6 Å². The van der Waals surface area contributed by atoms with Crippen LogP contribution in [0.1, 0.15) is 11.3 Å². The van der Waals surface area contributed by atoms with Crippen LogP contribution < -0.4 is 10.1 Å². The molecular formula is C20H14F2N4O3S4. The summed E-state index contributed by atoms with van der Waals surface area (Å²) in [5.74, 6) is -0.189. The summed E-state index contributed by atoms with van der Waals surface area (Å²) in [7, 11) is 0. The molecule has 1 N–H and O–H groups in total. The highest BCUT2D eigenvalue weighted by molar-refractivity contribution is 8.26. The molecule has 7 nitrogen and oxygen atoms in total. The second-order valence-electron chi connectivity index (χ2n) is 6.47. The van der Waals surface area contributed by atoms with Crippen LogP contribution in [0.15, 0.2) is 46.7 Å². The van der Waals surface area contributed by atoms with Gasteiger partial charge in [0.05, 0.1) is 4.91 Å². The van der Waals surface area contributed by atoms with E-state index in [1.165, 1.54) is 40.1 Å². The lowest BCUT2D eigenvalue weighted by molar-refractivity contribution is -0.122. The van der Waals surface area contributed by atoms with Crippen molar-refractivity contribution < 1.29 is 23.1 Å². The SMILES string of the molecule is O=C(CCN1C(=O)/C(=C/c2cccs2)SC1=S)Nc1nc(-c2ccc(OC(F)F)cc2)ns1. The fourth-order valence-electron chi connectivity index (χ4n) is 2.77. The summed E-state index contributed by atoms with van der Waals surface area (Å²) in [5, 5.41) is 4.86. The van der Waals surface area contributed by atoms with E-state index in [4.69, 9.17) is 12.2 Å². The summed E-state index contributed by atoms with van der Waals surface area (Å²) < 4.78 is 33.4. The first kappa shape index (κ1) is 23.4.